The highest BCUT2D eigenvalue weighted by Gasteiger charge is 2.34. The number of anilines is 1. The number of hydrogen-bond acceptors (Lipinski definition) is 4. The van der Waals surface area contributed by atoms with E-state index in [1.54, 1.807) is 17.0 Å². The van der Waals surface area contributed by atoms with Crippen LogP contribution in [0.3, 0.4) is 0 Å². The second-order valence-corrected chi connectivity index (χ2v) is 11.7. The molecule has 196 valence electrons. The molecule has 39 heavy (non-hydrogen) atoms. The van der Waals surface area contributed by atoms with Crippen LogP contribution >= 0.6 is 50.9 Å². The summed E-state index contributed by atoms with van der Waals surface area (Å²) in [6.07, 6.45) is 1.87. The van der Waals surface area contributed by atoms with Gasteiger partial charge in [0.15, 0.2) is 5.17 Å². The fourth-order valence-electron chi connectivity index (χ4n) is 3.87. The van der Waals surface area contributed by atoms with E-state index in [9.17, 15) is 4.79 Å². The van der Waals surface area contributed by atoms with Crippen LogP contribution in [0.15, 0.2) is 99.3 Å². The smallest absolute Gasteiger partial charge is 0.271 e. The molecule has 1 fully saturated rings. The average Bonchev–Trinajstić information content (AvgIpc) is 3.20. The summed E-state index contributed by atoms with van der Waals surface area (Å²) in [5.74, 6) is 0.542. The summed E-state index contributed by atoms with van der Waals surface area (Å²) in [7, 11) is 0. The second kappa shape index (κ2) is 12.0. The molecule has 0 radical (unpaired) electrons. The number of aryl methyl sites for hydroxylation is 2. The molecule has 8 heteroatoms. The summed E-state index contributed by atoms with van der Waals surface area (Å²) in [5, 5.41) is 1.74. The van der Waals surface area contributed by atoms with Crippen molar-refractivity contribution in [1.82, 2.24) is 0 Å². The van der Waals surface area contributed by atoms with Crippen molar-refractivity contribution in [3.8, 4) is 5.75 Å². The van der Waals surface area contributed by atoms with E-state index >= 15 is 0 Å². The molecule has 1 aliphatic rings. The minimum atomic E-state index is -0.122. The minimum Gasteiger partial charge on any atom is -0.488 e. The first kappa shape index (κ1) is 27.5. The van der Waals surface area contributed by atoms with Gasteiger partial charge in [0.05, 0.1) is 20.8 Å². The van der Waals surface area contributed by atoms with E-state index in [0.717, 1.165) is 38.1 Å². The number of ether oxygens (including phenoxy) is 1. The standard InChI is InChI=1S/C31H23BrCl2N2O2S/c1-19-3-10-24(11-4-19)35-31-36(25-12-5-20(2)6-13-25)30(37)29(39-31)16-21-7-14-28(26(32)15-21)38-18-22-8-9-23(33)17-27(22)34/h3-17H,18H2,1-2H3/b29-16-,35-31?. The highest BCUT2D eigenvalue weighted by Crippen LogP contribution is 2.38. The molecule has 1 aliphatic heterocycles. The molecule has 0 spiro atoms. The topological polar surface area (TPSA) is 41.9 Å². The van der Waals surface area contributed by atoms with Crippen molar-refractivity contribution in [2.45, 2.75) is 20.5 Å². The van der Waals surface area contributed by atoms with E-state index in [2.05, 4.69) is 15.9 Å². The maximum Gasteiger partial charge on any atom is 0.271 e. The fraction of sp³-hybridized carbons (Fsp3) is 0.0968. The van der Waals surface area contributed by atoms with Crippen LogP contribution in [0.4, 0.5) is 11.4 Å². The lowest BCUT2D eigenvalue weighted by Gasteiger charge is -2.16. The molecule has 1 saturated heterocycles. The number of thioether (sulfide) groups is 1. The quantitative estimate of drug-likeness (QED) is 0.198. The van der Waals surface area contributed by atoms with E-state index in [1.807, 2.05) is 92.7 Å². The highest BCUT2D eigenvalue weighted by atomic mass is 79.9. The van der Waals surface area contributed by atoms with E-state index < -0.39 is 0 Å². The van der Waals surface area contributed by atoms with Crippen molar-refractivity contribution in [3.05, 3.63) is 127 Å². The van der Waals surface area contributed by atoms with Crippen molar-refractivity contribution < 1.29 is 9.53 Å². The molecule has 0 unspecified atom stereocenters. The van der Waals surface area contributed by atoms with Crippen LogP contribution in [0, 0.1) is 13.8 Å². The Morgan fingerprint density at radius 2 is 1.62 bits per heavy atom. The molecule has 0 aromatic heterocycles. The Kier molecular flexibility index (Phi) is 8.48. The summed E-state index contributed by atoms with van der Waals surface area (Å²) in [6, 6.07) is 26.8. The van der Waals surface area contributed by atoms with Gasteiger partial charge in [0.1, 0.15) is 12.4 Å². The third-order valence-electron chi connectivity index (χ3n) is 6.01. The van der Waals surface area contributed by atoms with Gasteiger partial charge in [-0.05, 0) is 102 Å². The Morgan fingerprint density at radius 3 is 2.28 bits per heavy atom. The molecule has 0 atom stereocenters. The van der Waals surface area contributed by atoms with E-state index in [4.69, 9.17) is 32.9 Å². The van der Waals surface area contributed by atoms with Gasteiger partial charge in [-0.1, -0.05) is 70.7 Å². The van der Waals surface area contributed by atoms with Crippen LogP contribution < -0.4 is 9.64 Å². The number of amidine groups is 1. The van der Waals surface area contributed by atoms with Crippen LogP contribution in [0.25, 0.3) is 6.08 Å². The van der Waals surface area contributed by atoms with Crippen molar-refractivity contribution in [1.29, 1.82) is 0 Å². The van der Waals surface area contributed by atoms with Crippen LogP contribution in [0.5, 0.6) is 5.75 Å². The van der Waals surface area contributed by atoms with Gasteiger partial charge in [-0.3, -0.25) is 9.69 Å². The first-order chi connectivity index (χ1) is 18.8. The second-order valence-electron chi connectivity index (χ2n) is 9.03. The highest BCUT2D eigenvalue weighted by molar-refractivity contribution is 9.10. The predicted octanol–water partition coefficient (Wildman–Crippen LogP) is 9.76. The summed E-state index contributed by atoms with van der Waals surface area (Å²) in [5.41, 5.74) is 5.53. The number of amides is 1. The van der Waals surface area contributed by atoms with Crippen LogP contribution in [-0.2, 0) is 11.4 Å². The molecule has 1 heterocycles. The Bertz CT molecular complexity index is 1600. The molecule has 1 amide bonds. The summed E-state index contributed by atoms with van der Waals surface area (Å²) < 4.78 is 6.74. The number of carbonyl (C=O) groups excluding carboxylic acids is 1. The molecular formula is C31H23BrCl2N2O2S. The van der Waals surface area contributed by atoms with Gasteiger partial charge >= 0.3 is 0 Å². The molecule has 4 nitrogen and oxygen atoms in total. The van der Waals surface area contributed by atoms with Crippen molar-refractivity contribution in [2.24, 2.45) is 4.99 Å². The zero-order valence-electron chi connectivity index (χ0n) is 21.1. The van der Waals surface area contributed by atoms with Crippen LogP contribution in [0.2, 0.25) is 10.0 Å². The number of benzene rings is 4. The monoisotopic (exact) mass is 636 g/mol. The van der Waals surface area contributed by atoms with Crippen LogP contribution in [0.1, 0.15) is 22.3 Å². The lowest BCUT2D eigenvalue weighted by Crippen LogP contribution is -2.28. The molecule has 5 rings (SSSR count). The van der Waals surface area contributed by atoms with E-state index in [-0.39, 0.29) is 5.91 Å². The predicted molar refractivity (Wildman–Crippen MR) is 167 cm³/mol. The first-order valence-electron chi connectivity index (χ1n) is 12.1. The van der Waals surface area contributed by atoms with Gasteiger partial charge in [-0.2, -0.15) is 0 Å². The first-order valence-corrected chi connectivity index (χ1v) is 14.5. The molecule has 4 aromatic carbocycles. The van der Waals surface area contributed by atoms with Gasteiger partial charge in [0, 0.05) is 15.6 Å². The zero-order valence-corrected chi connectivity index (χ0v) is 25.0. The zero-order chi connectivity index (χ0) is 27.5. The third-order valence-corrected chi connectivity index (χ3v) is 8.18. The SMILES string of the molecule is Cc1ccc(N=C2S/C(=C\c3ccc(OCc4ccc(Cl)cc4Cl)c(Br)c3)C(=O)N2c2ccc(C)cc2)cc1. The normalized spacial score (nSPS) is 15.4. The molecular weight excluding hydrogens is 615 g/mol. The Hall–Kier alpha value is -3.03. The van der Waals surface area contributed by atoms with Crippen molar-refractivity contribution in [2.75, 3.05) is 4.90 Å². The third kappa shape index (κ3) is 6.59. The van der Waals surface area contributed by atoms with Gasteiger partial charge in [-0.15, -0.1) is 0 Å². The van der Waals surface area contributed by atoms with Crippen LogP contribution in [-0.4, -0.2) is 11.1 Å². The number of carbonyl (C=O) groups is 1. The molecule has 0 aliphatic carbocycles. The Morgan fingerprint density at radius 1 is 0.923 bits per heavy atom. The maximum atomic E-state index is 13.6. The molecule has 0 N–H and O–H groups in total. The number of nitrogens with zero attached hydrogens (tertiary/aromatic N) is 2. The molecule has 0 bridgehead atoms. The van der Waals surface area contributed by atoms with Gasteiger partial charge < -0.3 is 4.74 Å². The van der Waals surface area contributed by atoms with Gasteiger partial charge in [-0.25, -0.2) is 4.99 Å². The Balaban J connectivity index is 1.41. The van der Waals surface area contributed by atoms with Gasteiger partial charge in [0.2, 0.25) is 0 Å². The lowest BCUT2D eigenvalue weighted by atomic mass is 10.2. The lowest BCUT2D eigenvalue weighted by molar-refractivity contribution is -0.113. The number of hydrogen-bond donors (Lipinski definition) is 0. The number of aliphatic imine (C=N–C) groups is 1. The summed E-state index contributed by atoms with van der Waals surface area (Å²) in [6.45, 7) is 4.35. The fourth-order valence-corrected chi connectivity index (χ4v) is 5.84. The van der Waals surface area contributed by atoms with Crippen molar-refractivity contribution in [3.63, 3.8) is 0 Å². The van der Waals surface area contributed by atoms with Crippen molar-refractivity contribution >= 4 is 79.4 Å². The number of rotatable bonds is 6. The van der Waals surface area contributed by atoms with E-state index in [0.29, 0.717) is 32.5 Å². The largest absolute Gasteiger partial charge is 0.488 e. The summed E-state index contributed by atoms with van der Waals surface area (Å²) in [4.78, 5) is 20.7. The van der Waals surface area contributed by atoms with E-state index in [1.165, 1.54) is 11.8 Å². The molecule has 0 saturated carbocycles. The average molecular weight is 638 g/mol. The molecule has 4 aromatic rings. The minimum absolute atomic E-state index is 0.122. The summed E-state index contributed by atoms with van der Waals surface area (Å²) >= 11 is 17.2. The van der Waals surface area contributed by atoms with Gasteiger partial charge in [0.25, 0.3) is 5.91 Å². The Labute approximate surface area is 250 Å². The maximum absolute atomic E-state index is 13.6. The number of halogens is 3.